The van der Waals surface area contributed by atoms with Crippen LogP contribution in [0.5, 0.6) is 0 Å². The SMILES string of the molecule is C=CCN(CC(=O)O)C(=O)C(CS)NC(=O)CCC(N)C(=O)O. The Hall–Kier alpha value is -2.07. The molecule has 0 bridgehead atoms. The number of carboxylic acids is 2. The van der Waals surface area contributed by atoms with Crippen LogP contribution in [0.3, 0.4) is 0 Å². The lowest BCUT2D eigenvalue weighted by Gasteiger charge is -2.24. The third-order valence-corrected chi connectivity index (χ3v) is 3.17. The highest BCUT2D eigenvalue weighted by molar-refractivity contribution is 7.80. The molecule has 0 saturated heterocycles. The molecule has 0 aliphatic rings. The van der Waals surface area contributed by atoms with Crippen LogP contribution in [0.25, 0.3) is 0 Å². The van der Waals surface area contributed by atoms with E-state index in [1.165, 1.54) is 6.08 Å². The van der Waals surface area contributed by atoms with Gasteiger partial charge in [-0.25, -0.2) is 0 Å². The normalized spacial score (nSPS) is 12.8. The van der Waals surface area contributed by atoms with Gasteiger partial charge in [-0.15, -0.1) is 6.58 Å². The molecule has 2 amide bonds. The summed E-state index contributed by atoms with van der Waals surface area (Å²) in [7, 11) is 0. The molecule has 2 atom stereocenters. The Morgan fingerprint density at radius 3 is 2.35 bits per heavy atom. The van der Waals surface area contributed by atoms with Gasteiger partial charge < -0.3 is 26.2 Å². The van der Waals surface area contributed by atoms with Crippen molar-refractivity contribution in [3.63, 3.8) is 0 Å². The van der Waals surface area contributed by atoms with Crippen LogP contribution in [-0.2, 0) is 19.2 Å². The number of hydrogen-bond donors (Lipinski definition) is 5. The van der Waals surface area contributed by atoms with Gasteiger partial charge in [-0.3, -0.25) is 19.2 Å². The second-order valence-electron chi connectivity index (χ2n) is 4.69. The summed E-state index contributed by atoms with van der Waals surface area (Å²) in [5.41, 5.74) is 5.28. The second-order valence-corrected chi connectivity index (χ2v) is 5.05. The molecule has 130 valence electrons. The van der Waals surface area contributed by atoms with E-state index in [9.17, 15) is 19.2 Å². The third kappa shape index (κ3) is 8.21. The van der Waals surface area contributed by atoms with E-state index >= 15 is 0 Å². The van der Waals surface area contributed by atoms with Gasteiger partial charge in [-0.1, -0.05) is 6.08 Å². The molecule has 23 heavy (non-hydrogen) atoms. The lowest BCUT2D eigenvalue weighted by atomic mass is 10.1. The Balaban J connectivity index is 4.68. The minimum absolute atomic E-state index is 0.00910. The van der Waals surface area contributed by atoms with Gasteiger partial charge in [0.05, 0.1) is 0 Å². The van der Waals surface area contributed by atoms with Crippen LogP contribution in [0, 0.1) is 0 Å². The predicted molar refractivity (Wildman–Crippen MR) is 85.0 cm³/mol. The molecule has 0 saturated carbocycles. The number of nitrogens with two attached hydrogens (primary N) is 1. The molecule has 0 aliphatic carbocycles. The first kappa shape index (κ1) is 20.9. The molecule has 0 aliphatic heterocycles. The summed E-state index contributed by atoms with van der Waals surface area (Å²) in [6.07, 6.45) is 1.11. The van der Waals surface area contributed by atoms with E-state index in [0.29, 0.717) is 0 Å². The highest BCUT2D eigenvalue weighted by atomic mass is 32.1. The second kappa shape index (κ2) is 10.6. The van der Waals surface area contributed by atoms with Crippen LogP contribution in [0.4, 0.5) is 0 Å². The van der Waals surface area contributed by atoms with Crippen molar-refractivity contribution in [3.8, 4) is 0 Å². The van der Waals surface area contributed by atoms with Gasteiger partial charge in [0.2, 0.25) is 11.8 Å². The summed E-state index contributed by atoms with van der Waals surface area (Å²) in [6.45, 7) is 2.92. The average molecular weight is 347 g/mol. The highest BCUT2D eigenvalue weighted by Gasteiger charge is 2.26. The summed E-state index contributed by atoms with van der Waals surface area (Å²) >= 11 is 3.97. The van der Waals surface area contributed by atoms with Gasteiger partial charge in [0, 0.05) is 18.7 Å². The Morgan fingerprint density at radius 1 is 1.30 bits per heavy atom. The van der Waals surface area contributed by atoms with E-state index in [-0.39, 0.29) is 25.1 Å². The van der Waals surface area contributed by atoms with E-state index < -0.39 is 42.4 Å². The Morgan fingerprint density at radius 2 is 1.91 bits per heavy atom. The number of carbonyl (C=O) groups is 4. The minimum Gasteiger partial charge on any atom is -0.480 e. The molecule has 0 fully saturated rings. The lowest BCUT2D eigenvalue weighted by molar-refractivity contribution is -0.145. The van der Waals surface area contributed by atoms with E-state index in [1.807, 2.05) is 0 Å². The number of nitrogens with zero attached hydrogens (tertiary/aromatic N) is 1. The number of thiol groups is 1. The molecule has 2 unspecified atom stereocenters. The number of amides is 2. The Kier molecular flexibility index (Phi) is 9.67. The van der Waals surface area contributed by atoms with Crippen LogP contribution in [0.1, 0.15) is 12.8 Å². The summed E-state index contributed by atoms with van der Waals surface area (Å²) < 4.78 is 0. The molecule has 0 heterocycles. The lowest BCUT2D eigenvalue weighted by Crippen LogP contribution is -2.51. The number of nitrogens with one attached hydrogen (secondary N) is 1. The maximum atomic E-state index is 12.2. The third-order valence-electron chi connectivity index (χ3n) is 2.80. The van der Waals surface area contributed by atoms with Gasteiger partial charge in [0.1, 0.15) is 18.6 Å². The zero-order valence-corrected chi connectivity index (χ0v) is 13.4. The smallest absolute Gasteiger partial charge is 0.323 e. The molecular weight excluding hydrogens is 326 g/mol. The Bertz CT molecular complexity index is 471. The van der Waals surface area contributed by atoms with Crippen molar-refractivity contribution in [1.82, 2.24) is 10.2 Å². The summed E-state index contributed by atoms with van der Waals surface area (Å²) in [5.74, 6) is -3.64. The zero-order chi connectivity index (χ0) is 18.0. The zero-order valence-electron chi connectivity index (χ0n) is 12.5. The predicted octanol–water partition coefficient (Wildman–Crippen LogP) is -1.31. The van der Waals surface area contributed by atoms with Crippen LogP contribution < -0.4 is 11.1 Å². The number of hydrogen-bond acceptors (Lipinski definition) is 6. The first-order valence-corrected chi connectivity index (χ1v) is 7.36. The van der Waals surface area contributed by atoms with Gasteiger partial charge in [0.25, 0.3) is 0 Å². The molecule has 9 nitrogen and oxygen atoms in total. The molecule has 0 radical (unpaired) electrons. The molecule has 0 spiro atoms. The topological polar surface area (TPSA) is 150 Å². The summed E-state index contributed by atoms with van der Waals surface area (Å²) in [5, 5.41) is 19.8. The van der Waals surface area contributed by atoms with E-state index in [2.05, 4.69) is 24.5 Å². The fraction of sp³-hybridized carbons (Fsp3) is 0.538. The number of rotatable bonds is 11. The van der Waals surface area contributed by atoms with Crippen molar-refractivity contribution in [1.29, 1.82) is 0 Å². The van der Waals surface area contributed by atoms with Gasteiger partial charge >= 0.3 is 11.9 Å². The number of carboxylic acid groups (broad SMARTS) is 2. The fourth-order valence-corrected chi connectivity index (χ4v) is 1.88. The monoisotopic (exact) mass is 347 g/mol. The first-order chi connectivity index (χ1) is 10.7. The van der Waals surface area contributed by atoms with Crippen LogP contribution in [0.2, 0.25) is 0 Å². The number of aliphatic carboxylic acids is 2. The molecule has 5 N–H and O–H groups in total. The number of carbonyl (C=O) groups excluding carboxylic acids is 2. The maximum absolute atomic E-state index is 12.2. The van der Waals surface area contributed by atoms with Crippen molar-refractivity contribution in [2.24, 2.45) is 5.73 Å². The fourth-order valence-electron chi connectivity index (χ4n) is 1.63. The van der Waals surface area contributed by atoms with Crippen molar-refractivity contribution >= 4 is 36.4 Å². The summed E-state index contributed by atoms with van der Waals surface area (Å²) in [6, 6.07) is -2.19. The Labute approximate surface area is 138 Å². The molecule has 0 aromatic carbocycles. The molecule has 10 heteroatoms. The van der Waals surface area contributed by atoms with Crippen LogP contribution in [-0.4, -0.2) is 69.8 Å². The van der Waals surface area contributed by atoms with Gasteiger partial charge in [0.15, 0.2) is 0 Å². The molecule has 0 aromatic rings. The van der Waals surface area contributed by atoms with Crippen LogP contribution in [0.15, 0.2) is 12.7 Å². The molecular formula is C13H21N3O6S. The summed E-state index contributed by atoms with van der Waals surface area (Å²) in [4.78, 5) is 46.3. The van der Waals surface area contributed by atoms with Gasteiger partial charge in [-0.05, 0) is 6.42 Å². The van der Waals surface area contributed by atoms with Crippen molar-refractivity contribution in [3.05, 3.63) is 12.7 Å². The largest absolute Gasteiger partial charge is 0.480 e. The van der Waals surface area contributed by atoms with E-state index in [4.69, 9.17) is 15.9 Å². The maximum Gasteiger partial charge on any atom is 0.323 e. The standard InChI is InChI=1S/C13H21N3O6S/c1-2-5-16(6-11(18)19)12(20)9(7-23)15-10(17)4-3-8(14)13(21)22/h2,8-9,23H,1,3-7,14H2,(H,15,17)(H,18,19)(H,21,22). The van der Waals surface area contributed by atoms with Crippen LogP contribution >= 0.6 is 12.6 Å². The molecule has 0 aromatic heterocycles. The van der Waals surface area contributed by atoms with E-state index in [1.54, 1.807) is 0 Å². The van der Waals surface area contributed by atoms with Crippen molar-refractivity contribution in [2.75, 3.05) is 18.8 Å². The first-order valence-electron chi connectivity index (χ1n) is 6.73. The average Bonchev–Trinajstić information content (AvgIpc) is 2.48. The quantitative estimate of drug-likeness (QED) is 0.230. The van der Waals surface area contributed by atoms with Crippen molar-refractivity contribution in [2.45, 2.75) is 24.9 Å². The van der Waals surface area contributed by atoms with Gasteiger partial charge in [-0.2, -0.15) is 12.6 Å². The highest BCUT2D eigenvalue weighted by Crippen LogP contribution is 2.01. The van der Waals surface area contributed by atoms with E-state index in [0.717, 1.165) is 4.90 Å². The minimum atomic E-state index is -1.22. The molecule has 0 rings (SSSR count). The van der Waals surface area contributed by atoms with Crippen molar-refractivity contribution < 1.29 is 29.4 Å².